The summed E-state index contributed by atoms with van der Waals surface area (Å²) in [6.45, 7) is 5.03. The summed E-state index contributed by atoms with van der Waals surface area (Å²) < 4.78 is 11.9. The average Bonchev–Trinajstić information content (AvgIpc) is 3.38. The second-order valence-corrected chi connectivity index (χ2v) is 9.28. The summed E-state index contributed by atoms with van der Waals surface area (Å²) in [5, 5.41) is 7.03. The molecule has 0 saturated carbocycles. The molecule has 9 heteroatoms. The number of pyridine rings is 1. The van der Waals surface area contributed by atoms with Gasteiger partial charge in [-0.25, -0.2) is 14.8 Å². The maximum Gasteiger partial charge on any atom is 0.323 e. The van der Waals surface area contributed by atoms with Crippen molar-refractivity contribution in [2.75, 3.05) is 51.8 Å². The lowest BCUT2D eigenvalue weighted by molar-refractivity contribution is 0.161. The highest BCUT2D eigenvalue weighted by molar-refractivity contribution is 7.22. The predicted molar refractivity (Wildman–Crippen MR) is 117 cm³/mol. The van der Waals surface area contributed by atoms with Crippen LogP contribution in [0, 0.1) is 5.41 Å². The lowest BCUT2D eigenvalue weighted by Crippen LogP contribution is -2.40. The fraction of sp³-hybridized carbons (Fsp3) is 0.571. The first kappa shape index (κ1) is 19.7. The second kappa shape index (κ2) is 8.13. The number of ether oxygens (including phenoxy) is 2. The van der Waals surface area contributed by atoms with Gasteiger partial charge in [0.25, 0.3) is 0 Å². The lowest BCUT2D eigenvalue weighted by atomic mass is 9.78. The Labute approximate surface area is 179 Å². The van der Waals surface area contributed by atoms with Crippen LogP contribution in [0.3, 0.4) is 0 Å². The molecule has 2 fully saturated rings. The number of hydrogen-bond acceptors (Lipinski definition) is 7. The number of hydrogen-bond donors (Lipinski definition) is 2. The number of methoxy groups -OCH3 is 1. The molecule has 2 N–H and O–H groups in total. The predicted octanol–water partition coefficient (Wildman–Crippen LogP) is 3.11. The molecule has 0 unspecified atom stereocenters. The molecule has 2 aromatic heterocycles. The molecule has 5 rings (SSSR count). The van der Waals surface area contributed by atoms with E-state index >= 15 is 0 Å². The zero-order chi connectivity index (χ0) is 20.6. The van der Waals surface area contributed by atoms with E-state index in [4.69, 9.17) is 9.47 Å². The van der Waals surface area contributed by atoms with Crippen molar-refractivity contribution in [1.82, 2.24) is 20.2 Å². The van der Waals surface area contributed by atoms with Crippen molar-refractivity contribution in [3.8, 4) is 5.88 Å². The summed E-state index contributed by atoms with van der Waals surface area (Å²) in [6.07, 6.45) is 8.13. The van der Waals surface area contributed by atoms with E-state index in [1.165, 1.54) is 16.9 Å². The van der Waals surface area contributed by atoms with Gasteiger partial charge in [-0.15, -0.1) is 0 Å². The molecule has 0 radical (unpaired) electrons. The zero-order valence-electron chi connectivity index (χ0n) is 17.2. The van der Waals surface area contributed by atoms with Gasteiger partial charge in [-0.3, -0.25) is 5.32 Å². The topological polar surface area (TPSA) is 88.6 Å². The second-order valence-electron chi connectivity index (χ2n) is 8.28. The maximum absolute atomic E-state index is 12.9. The first-order chi connectivity index (χ1) is 14.7. The summed E-state index contributed by atoms with van der Waals surface area (Å²) in [6, 6.07) is -0.0665. The molecule has 2 saturated heterocycles. The molecule has 30 heavy (non-hydrogen) atoms. The Bertz CT molecular complexity index is 982. The molecule has 0 bridgehead atoms. The molecule has 0 aromatic carbocycles. The molecule has 8 nitrogen and oxygen atoms in total. The highest BCUT2D eigenvalue weighted by atomic mass is 32.1. The number of urea groups is 1. The normalized spacial score (nSPS) is 21.1. The van der Waals surface area contributed by atoms with Crippen LogP contribution in [-0.4, -0.2) is 67.4 Å². The van der Waals surface area contributed by atoms with Crippen LogP contribution in [0.1, 0.15) is 31.2 Å². The van der Waals surface area contributed by atoms with Crippen LogP contribution in [0.15, 0.2) is 12.3 Å². The highest BCUT2D eigenvalue weighted by Gasteiger charge is 2.40. The molecular weight excluding hydrogens is 402 g/mol. The lowest BCUT2D eigenvalue weighted by Gasteiger charge is -2.33. The van der Waals surface area contributed by atoms with E-state index < -0.39 is 0 Å². The summed E-state index contributed by atoms with van der Waals surface area (Å²) in [5.74, 6) is 0.480. The standard InChI is InChI=1S/C21H27N5O3S/c1-28-18-16-17(15(12-23-18)14-2-10-29-11-3-14)30-19(24-16)25-20(27)26-9-6-21(13-26)4-7-22-8-5-21/h2,12,22H,3-11,13H2,1H3,(H,24,25,27). The van der Waals surface area contributed by atoms with E-state index in [0.717, 1.165) is 62.1 Å². The third kappa shape index (κ3) is 3.66. The van der Waals surface area contributed by atoms with Crippen molar-refractivity contribution in [3.63, 3.8) is 0 Å². The number of nitrogens with one attached hydrogen (secondary N) is 2. The van der Waals surface area contributed by atoms with E-state index in [0.29, 0.717) is 29.7 Å². The van der Waals surface area contributed by atoms with Crippen LogP contribution in [0.2, 0.25) is 0 Å². The number of amides is 2. The minimum absolute atomic E-state index is 0.0665. The Morgan fingerprint density at radius 2 is 2.23 bits per heavy atom. The summed E-state index contributed by atoms with van der Waals surface area (Å²) >= 11 is 1.48. The van der Waals surface area contributed by atoms with Gasteiger partial charge in [0.05, 0.1) is 25.0 Å². The first-order valence-corrected chi connectivity index (χ1v) is 11.4. The summed E-state index contributed by atoms with van der Waals surface area (Å²) in [7, 11) is 1.59. The molecule has 0 atom stereocenters. The largest absolute Gasteiger partial charge is 0.479 e. The Balaban J connectivity index is 1.38. The van der Waals surface area contributed by atoms with Crippen molar-refractivity contribution < 1.29 is 14.3 Å². The Kier molecular flexibility index (Phi) is 5.34. The number of thiazole rings is 1. The van der Waals surface area contributed by atoms with Crippen LogP contribution < -0.4 is 15.4 Å². The molecule has 3 aliphatic rings. The average molecular weight is 430 g/mol. The zero-order valence-corrected chi connectivity index (χ0v) is 18.0. The number of anilines is 1. The van der Waals surface area contributed by atoms with Crippen molar-refractivity contribution in [3.05, 3.63) is 17.8 Å². The van der Waals surface area contributed by atoms with Gasteiger partial charge in [0, 0.05) is 24.8 Å². The molecule has 3 aliphatic heterocycles. The SMILES string of the molecule is COc1ncc(C2=CCOCC2)c2sc(NC(=O)N3CCC4(CCNCC4)C3)nc12. The summed E-state index contributed by atoms with van der Waals surface area (Å²) in [5.41, 5.74) is 3.22. The minimum atomic E-state index is -0.0665. The van der Waals surface area contributed by atoms with Crippen molar-refractivity contribution in [2.24, 2.45) is 5.41 Å². The van der Waals surface area contributed by atoms with E-state index in [9.17, 15) is 4.79 Å². The quantitative estimate of drug-likeness (QED) is 0.779. The number of fused-ring (bicyclic) bond motifs is 1. The van der Waals surface area contributed by atoms with Gasteiger partial charge in [-0.05, 0) is 49.8 Å². The van der Waals surface area contributed by atoms with Gasteiger partial charge in [-0.1, -0.05) is 17.4 Å². The third-order valence-electron chi connectivity index (χ3n) is 6.49. The third-order valence-corrected chi connectivity index (χ3v) is 7.50. The van der Waals surface area contributed by atoms with Crippen LogP contribution in [0.4, 0.5) is 9.93 Å². The fourth-order valence-electron chi connectivity index (χ4n) is 4.74. The highest BCUT2D eigenvalue weighted by Crippen LogP contribution is 2.40. The molecule has 2 amide bonds. The Morgan fingerprint density at radius 3 is 3.00 bits per heavy atom. The van der Waals surface area contributed by atoms with Crippen molar-refractivity contribution in [2.45, 2.75) is 25.7 Å². The van der Waals surface area contributed by atoms with Gasteiger partial charge in [-0.2, -0.15) is 0 Å². The van der Waals surface area contributed by atoms with Crippen LogP contribution in [-0.2, 0) is 4.74 Å². The number of carbonyl (C=O) groups excluding carboxylic acids is 1. The number of carbonyl (C=O) groups is 1. The minimum Gasteiger partial charge on any atom is -0.479 e. The Hall–Kier alpha value is -2.23. The Morgan fingerprint density at radius 1 is 1.37 bits per heavy atom. The van der Waals surface area contributed by atoms with Crippen LogP contribution in [0.25, 0.3) is 15.8 Å². The van der Waals surface area contributed by atoms with E-state index in [1.807, 2.05) is 11.1 Å². The smallest absolute Gasteiger partial charge is 0.323 e. The number of aromatic nitrogens is 2. The molecule has 1 spiro atoms. The van der Waals surface area contributed by atoms with Crippen molar-refractivity contribution in [1.29, 1.82) is 0 Å². The number of piperidine rings is 1. The number of nitrogens with zero attached hydrogens (tertiary/aromatic N) is 3. The van der Waals surface area contributed by atoms with Gasteiger partial charge >= 0.3 is 6.03 Å². The monoisotopic (exact) mass is 429 g/mol. The number of rotatable bonds is 3. The van der Waals surface area contributed by atoms with Gasteiger partial charge < -0.3 is 19.7 Å². The number of likely N-dealkylation sites (tertiary alicyclic amines) is 1. The van der Waals surface area contributed by atoms with E-state index in [-0.39, 0.29) is 11.4 Å². The van der Waals surface area contributed by atoms with Gasteiger partial charge in [0.15, 0.2) is 5.13 Å². The van der Waals surface area contributed by atoms with E-state index in [1.54, 1.807) is 7.11 Å². The summed E-state index contributed by atoms with van der Waals surface area (Å²) in [4.78, 5) is 24.0. The van der Waals surface area contributed by atoms with E-state index in [2.05, 4.69) is 26.7 Å². The molecule has 2 aromatic rings. The van der Waals surface area contributed by atoms with Gasteiger partial charge in [0.2, 0.25) is 5.88 Å². The molecular formula is C21H27N5O3S. The first-order valence-electron chi connectivity index (χ1n) is 10.5. The molecule has 160 valence electrons. The molecule has 0 aliphatic carbocycles. The van der Waals surface area contributed by atoms with Crippen molar-refractivity contribution >= 4 is 38.3 Å². The maximum atomic E-state index is 12.9. The molecule has 5 heterocycles. The fourth-order valence-corrected chi connectivity index (χ4v) is 5.73. The van der Waals surface area contributed by atoms with Gasteiger partial charge in [0.1, 0.15) is 5.52 Å². The van der Waals surface area contributed by atoms with Crippen LogP contribution >= 0.6 is 11.3 Å². The van der Waals surface area contributed by atoms with Crippen LogP contribution in [0.5, 0.6) is 5.88 Å².